The predicted octanol–water partition coefficient (Wildman–Crippen LogP) is 3.78. The van der Waals surface area contributed by atoms with Crippen LogP contribution in [0.2, 0.25) is 0 Å². The van der Waals surface area contributed by atoms with Gasteiger partial charge < -0.3 is 14.2 Å². The van der Waals surface area contributed by atoms with Gasteiger partial charge in [0.05, 0.1) is 0 Å². The molecule has 0 N–H and O–H groups in total. The molecule has 1 aliphatic rings. The highest BCUT2D eigenvalue weighted by molar-refractivity contribution is 9.10. The number of ether oxygens (including phenoxy) is 3. The Morgan fingerprint density at radius 2 is 1.79 bits per heavy atom. The summed E-state index contributed by atoms with van der Waals surface area (Å²) in [4.78, 5) is 10.7. The minimum Gasteiger partial charge on any atom is -0.457 e. The third-order valence-electron chi connectivity index (χ3n) is 2.68. The lowest BCUT2D eigenvalue weighted by Crippen LogP contribution is -1.92. The molecule has 0 aromatic heterocycles. The molecule has 0 fully saturated rings. The first kappa shape index (κ1) is 12.0. The van der Waals surface area contributed by atoms with Crippen molar-refractivity contribution in [1.82, 2.24) is 0 Å². The number of benzene rings is 2. The summed E-state index contributed by atoms with van der Waals surface area (Å²) < 4.78 is 16.9. The zero-order chi connectivity index (χ0) is 13.2. The number of halogens is 1. The normalized spacial score (nSPS) is 12.3. The largest absolute Gasteiger partial charge is 0.457 e. The van der Waals surface area contributed by atoms with Crippen molar-refractivity contribution < 1.29 is 19.0 Å². The molecule has 1 heterocycles. The maximum absolute atomic E-state index is 10.7. The van der Waals surface area contributed by atoms with Crippen LogP contribution >= 0.6 is 15.9 Å². The van der Waals surface area contributed by atoms with Gasteiger partial charge in [0.1, 0.15) is 11.5 Å². The Balaban J connectivity index is 1.85. The van der Waals surface area contributed by atoms with Crippen molar-refractivity contribution in [1.29, 1.82) is 0 Å². The number of carbonyl (C=O) groups excluding carboxylic acids is 1. The second-order valence-electron chi connectivity index (χ2n) is 3.92. The van der Waals surface area contributed by atoms with Gasteiger partial charge in [-0.1, -0.05) is 0 Å². The number of rotatable bonds is 3. The molecule has 96 valence electrons. The van der Waals surface area contributed by atoms with Gasteiger partial charge in [0.25, 0.3) is 0 Å². The van der Waals surface area contributed by atoms with Crippen LogP contribution in [-0.2, 0) is 0 Å². The highest BCUT2D eigenvalue weighted by atomic mass is 79.9. The van der Waals surface area contributed by atoms with Crippen LogP contribution in [0.5, 0.6) is 23.0 Å². The third kappa shape index (κ3) is 2.42. The van der Waals surface area contributed by atoms with Crippen LogP contribution in [-0.4, -0.2) is 13.1 Å². The average molecular weight is 321 g/mol. The second kappa shape index (κ2) is 4.93. The molecule has 0 atom stereocenters. The summed E-state index contributed by atoms with van der Waals surface area (Å²) in [5, 5.41) is 0. The fourth-order valence-corrected chi connectivity index (χ4v) is 2.19. The van der Waals surface area contributed by atoms with E-state index >= 15 is 0 Å². The molecule has 5 heteroatoms. The smallest absolute Gasteiger partial charge is 0.231 e. The summed E-state index contributed by atoms with van der Waals surface area (Å²) in [7, 11) is 0. The van der Waals surface area contributed by atoms with Crippen LogP contribution < -0.4 is 14.2 Å². The molecule has 2 aromatic carbocycles. The Morgan fingerprint density at radius 1 is 1.05 bits per heavy atom. The fraction of sp³-hybridized carbons (Fsp3) is 0.0714. The standard InChI is InChI=1S/C14H9BrO4/c15-12-5-10(2-1-9(12)7-16)19-11-3-4-13-14(6-11)18-8-17-13/h1-7H,8H2. The zero-order valence-corrected chi connectivity index (χ0v) is 11.3. The van der Waals surface area contributed by atoms with Crippen molar-refractivity contribution in [3.05, 3.63) is 46.4 Å². The van der Waals surface area contributed by atoms with Crippen LogP contribution in [0.1, 0.15) is 10.4 Å². The SMILES string of the molecule is O=Cc1ccc(Oc2ccc3c(c2)OCO3)cc1Br. The van der Waals surface area contributed by atoms with E-state index in [2.05, 4.69) is 15.9 Å². The van der Waals surface area contributed by atoms with Gasteiger partial charge in [0.15, 0.2) is 17.8 Å². The fourth-order valence-electron chi connectivity index (χ4n) is 1.74. The Hall–Kier alpha value is -2.01. The van der Waals surface area contributed by atoms with Crippen molar-refractivity contribution in [3.63, 3.8) is 0 Å². The van der Waals surface area contributed by atoms with Crippen LogP contribution in [0, 0.1) is 0 Å². The monoisotopic (exact) mass is 320 g/mol. The van der Waals surface area contributed by atoms with Gasteiger partial charge in [-0.2, -0.15) is 0 Å². The Labute approximate surface area is 118 Å². The molecule has 0 spiro atoms. The molecule has 0 saturated heterocycles. The molecule has 0 unspecified atom stereocenters. The van der Waals surface area contributed by atoms with E-state index in [1.54, 1.807) is 36.4 Å². The molecule has 2 aromatic rings. The minimum atomic E-state index is 0.234. The molecule has 0 saturated carbocycles. The third-order valence-corrected chi connectivity index (χ3v) is 3.37. The van der Waals surface area contributed by atoms with Gasteiger partial charge in [-0.15, -0.1) is 0 Å². The van der Waals surface area contributed by atoms with Crippen molar-refractivity contribution in [3.8, 4) is 23.0 Å². The van der Waals surface area contributed by atoms with Crippen molar-refractivity contribution in [2.75, 3.05) is 6.79 Å². The maximum Gasteiger partial charge on any atom is 0.231 e. The molecular weight excluding hydrogens is 312 g/mol. The Morgan fingerprint density at radius 3 is 2.58 bits per heavy atom. The summed E-state index contributed by atoms with van der Waals surface area (Å²) in [6.45, 7) is 0.234. The van der Waals surface area contributed by atoms with Gasteiger partial charge >= 0.3 is 0 Å². The molecule has 1 aliphatic heterocycles. The minimum absolute atomic E-state index is 0.234. The number of carbonyl (C=O) groups is 1. The summed E-state index contributed by atoms with van der Waals surface area (Å²) >= 11 is 3.31. The molecule has 0 amide bonds. The maximum atomic E-state index is 10.7. The van der Waals surface area contributed by atoms with Crippen molar-refractivity contribution in [2.24, 2.45) is 0 Å². The topological polar surface area (TPSA) is 44.8 Å². The number of hydrogen-bond acceptors (Lipinski definition) is 4. The van der Waals surface area contributed by atoms with Crippen LogP contribution in [0.4, 0.5) is 0 Å². The van der Waals surface area contributed by atoms with Crippen LogP contribution in [0.15, 0.2) is 40.9 Å². The van der Waals surface area contributed by atoms with E-state index < -0.39 is 0 Å². The van der Waals surface area contributed by atoms with Crippen molar-refractivity contribution >= 4 is 22.2 Å². The van der Waals surface area contributed by atoms with E-state index in [-0.39, 0.29) is 6.79 Å². The lowest BCUT2D eigenvalue weighted by molar-refractivity contribution is 0.112. The highest BCUT2D eigenvalue weighted by Crippen LogP contribution is 2.37. The summed E-state index contributed by atoms with van der Waals surface area (Å²) in [6.07, 6.45) is 0.786. The van der Waals surface area contributed by atoms with E-state index in [0.717, 1.165) is 6.29 Å². The Kier molecular flexibility index (Phi) is 3.13. The van der Waals surface area contributed by atoms with E-state index in [4.69, 9.17) is 14.2 Å². The van der Waals surface area contributed by atoms with Crippen LogP contribution in [0.25, 0.3) is 0 Å². The zero-order valence-electron chi connectivity index (χ0n) is 9.76. The van der Waals surface area contributed by atoms with Gasteiger partial charge in [-0.3, -0.25) is 4.79 Å². The number of hydrogen-bond donors (Lipinski definition) is 0. The van der Waals surface area contributed by atoms with Crippen LogP contribution in [0.3, 0.4) is 0 Å². The molecule has 4 nitrogen and oxygen atoms in total. The van der Waals surface area contributed by atoms with E-state index in [1.807, 2.05) is 0 Å². The quantitative estimate of drug-likeness (QED) is 0.807. The second-order valence-corrected chi connectivity index (χ2v) is 4.77. The van der Waals surface area contributed by atoms with E-state index in [0.29, 0.717) is 33.0 Å². The molecule has 0 bridgehead atoms. The average Bonchev–Trinajstić information content (AvgIpc) is 2.86. The lowest BCUT2D eigenvalue weighted by Gasteiger charge is -2.07. The summed E-state index contributed by atoms with van der Waals surface area (Å²) in [5.74, 6) is 2.66. The lowest BCUT2D eigenvalue weighted by atomic mass is 10.2. The van der Waals surface area contributed by atoms with Gasteiger partial charge in [0.2, 0.25) is 6.79 Å². The first-order chi connectivity index (χ1) is 9.26. The van der Waals surface area contributed by atoms with E-state index in [1.165, 1.54) is 0 Å². The molecule has 19 heavy (non-hydrogen) atoms. The number of aldehydes is 1. The highest BCUT2D eigenvalue weighted by Gasteiger charge is 2.14. The summed E-state index contributed by atoms with van der Waals surface area (Å²) in [6, 6.07) is 10.5. The summed E-state index contributed by atoms with van der Waals surface area (Å²) in [5.41, 5.74) is 0.582. The van der Waals surface area contributed by atoms with E-state index in [9.17, 15) is 4.79 Å². The number of fused-ring (bicyclic) bond motifs is 1. The van der Waals surface area contributed by atoms with Gasteiger partial charge in [-0.25, -0.2) is 0 Å². The predicted molar refractivity (Wildman–Crippen MR) is 72.2 cm³/mol. The van der Waals surface area contributed by atoms with Gasteiger partial charge in [0, 0.05) is 16.1 Å². The molecule has 3 rings (SSSR count). The molecule has 0 radical (unpaired) electrons. The molecular formula is C14H9BrO4. The first-order valence-electron chi connectivity index (χ1n) is 5.58. The molecule has 0 aliphatic carbocycles. The Bertz CT molecular complexity index is 639. The van der Waals surface area contributed by atoms with Crippen molar-refractivity contribution in [2.45, 2.75) is 0 Å². The van der Waals surface area contributed by atoms with Gasteiger partial charge in [-0.05, 0) is 46.3 Å². The first-order valence-corrected chi connectivity index (χ1v) is 6.38.